The number of allylic oxidation sites excluding steroid dienone is 2. The molecule has 0 aliphatic heterocycles. The van der Waals surface area contributed by atoms with E-state index in [1.807, 2.05) is 12.1 Å². The Labute approximate surface area is 158 Å². The van der Waals surface area contributed by atoms with Gasteiger partial charge in [0.1, 0.15) is 17.4 Å². The van der Waals surface area contributed by atoms with Gasteiger partial charge in [-0.2, -0.15) is 0 Å². The standard InChI is InChI=1S/C21H22N6/c1-13-3-2-4-17(7-13)26-20-19-18(24-12-25-20)11-23-21(27-19)22-10-16-9-14-5-6-15(16)8-14/h2-7,11-12,14-16H,8-10H2,1H3,(H,22,23,27)(H,24,25,26). The lowest BCUT2D eigenvalue weighted by Gasteiger charge is -2.18. The first-order chi connectivity index (χ1) is 13.2. The van der Waals surface area contributed by atoms with E-state index in [0.717, 1.165) is 29.2 Å². The van der Waals surface area contributed by atoms with Crippen LogP contribution in [0, 0.1) is 24.7 Å². The second-order valence-corrected chi connectivity index (χ2v) is 7.57. The topological polar surface area (TPSA) is 75.6 Å². The summed E-state index contributed by atoms with van der Waals surface area (Å²) in [7, 11) is 0. The van der Waals surface area contributed by atoms with Crippen LogP contribution in [0.5, 0.6) is 0 Å². The summed E-state index contributed by atoms with van der Waals surface area (Å²) in [6, 6.07) is 8.19. The van der Waals surface area contributed by atoms with Crippen LogP contribution in [0.25, 0.3) is 11.0 Å². The Morgan fingerprint density at radius 3 is 2.89 bits per heavy atom. The molecule has 6 heteroatoms. The van der Waals surface area contributed by atoms with E-state index >= 15 is 0 Å². The molecule has 2 aliphatic carbocycles. The van der Waals surface area contributed by atoms with E-state index in [2.05, 4.69) is 61.8 Å². The van der Waals surface area contributed by atoms with E-state index in [0.29, 0.717) is 23.6 Å². The molecular formula is C21H22N6. The Balaban J connectivity index is 1.38. The molecule has 1 aromatic carbocycles. The van der Waals surface area contributed by atoms with E-state index < -0.39 is 0 Å². The summed E-state index contributed by atoms with van der Waals surface area (Å²) in [5, 5.41) is 6.78. The van der Waals surface area contributed by atoms with Crippen molar-refractivity contribution in [3.8, 4) is 0 Å². The van der Waals surface area contributed by atoms with E-state index in [4.69, 9.17) is 0 Å². The fourth-order valence-corrected chi connectivity index (χ4v) is 4.24. The van der Waals surface area contributed by atoms with Gasteiger partial charge in [-0.3, -0.25) is 0 Å². The third kappa shape index (κ3) is 3.23. The Kier molecular flexibility index (Phi) is 3.96. The van der Waals surface area contributed by atoms with Gasteiger partial charge in [-0.05, 0) is 55.2 Å². The van der Waals surface area contributed by atoms with Crippen molar-refractivity contribution in [3.63, 3.8) is 0 Å². The number of benzene rings is 1. The van der Waals surface area contributed by atoms with Crippen molar-refractivity contribution in [2.45, 2.75) is 19.8 Å². The molecule has 2 bridgehead atoms. The van der Waals surface area contributed by atoms with Crippen molar-refractivity contribution in [1.82, 2.24) is 19.9 Å². The van der Waals surface area contributed by atoms with Crippen LogP contribution in [-0.4, -0.2) is 26.5 Å². The fourth-order valence-electron chi connectivity index (χ4n) is 4.24. The van der Waals surface area contributed by atoms with Gasteiger partial charge in [0, 0.05) is 12.2 Å². The van der Waals surface area contributed by atoms with Crippen LogP contribution in [0.4, 0.5) is 17.5 Å². The molecule has 3 unspecified atom stereocenters. The van der Waals surface area contributed by atoms with Gasteiger partial charge in [0.2, 0.25) is 5.95 Å². The van der Waals surface area contributed by atoms with Crippen molar-refractivity contribution in [3.05, 3.63) is 54.5 Å². The molecule has 0 spiro atoms. The first kappa shape index (κ1) is 16.2. The quantitative estimate of drug-likeness (QED) is 0.669. The Hall–Kier alpha value is -3.02. The van der Waals surface area contributed by atoms with Gasteiger partial charge in [0.15, 0.2) is 5.82 Å². The van der Waals surface area contributed by atoms with Gasteiger partial charge in [-0.25, -0.2) is 19.9 Å². The average Bonchev–Trinajstić information content (AvgIpc) is 3.30. The highest BCUT2D eigenvalue weighted by atomic mass is 15.1. The normalized spacial score (nSPS) is 23.1. The first-order valence-corrected chi connectivity index (χ1v) is 9.48. The number of hydrogen-bond donors (Lipinski definition) is 2. The van der Waals surface area contributed by atoms with Crippen LogP contribution in [0.2, 0.25) is 0 Å². The van der Waals surface area contributed by atoms with Gasteiger partial charge in [0.05, 0.1) is 6.20 Å². The van der Waals surface area contributed by atoms with E-state index in [9.17, 15) is 0 Å². The molecule has 136 valence electrons. The number of fused-ring (bicyclic) bond motifs is 3. The van der Waals surface area contributed by atoms with Crippen molar-refractivity contribution in [2.75, 3.05) is 17.2 Å². The van der Waals surface area contributed by atoms with E-state index in [1.165, 1.54) is 18.4 Å². The van der Waals surface area contributed by atoms with Gasteiger partial charge in [-0.1, -0.05) is 24.3 Å². The molecule has 3 aromatic rings. The minimum atomic E-state index is 0.636. The maximum absolute atomic E-state index is 4.69. The summed E-state index contributed by atoms with van der Waals surface area (Å²) >= 11 is 0. The number of nitrogens with one attached hydrogen (secondary N) is 2. The van der Waals surface area contributed by atoms with Crippen LogP contribution < -0.4 is 10.6 Å². The van der Waals surface area contributed by atoms with Gasteiger partial charge in [-0.15, -0.1) is 0 Å². The second kappa shape index (κ2) is 6.61. The lowest BCUT2D eigenvalue weighted by atomic mass is 9.94. The number of hydrogen-bond acceptors (Lipinski definition) is 6. The Bertz CT molecular complexity index is 1010. The summed E-state index contributed by atoms with van der Waals surface area (Å²) in [4.78, 5) is 17.8. The number of aromatic nitrogens is 4. The van der Waals surface area contributed by atoms with Crippen LogP contribution in [0.1, 0.15) is 18.4 Å². The third-order valence-electron chi connectivity index (χ3n) is 5.60. The molecular weight excluding hydrogens is 336 g/mol. The smallest absolute Gasteiger partial charge is 0.223 e. The number of nitrogens with zero attached hydrogens (tertiary/aromatic N) is 4. The van der Waals surface area contributed by atoms with Crippen LogP contribution in [-0.2, 0) is 0 Å². The van der Waals surface area contributed by atoms with Crippen LogP contribution in [0.3, 0.4) is 0 Å². The summed E-state index contributed by atoms with van der Waals surface area (Å²) in [5.74, 6) is 3.49. The molecule has 0 amide bonds. The number of aryl methyl sites for hydroxylation is 1. The molecule has 1 fully saturated rings. The minimum Gasteiger partial charge on any atom is -0.354 e. The molecule has 3 atom stereocenters. The summed E-state index contributed by atoms with van der Waals surface area (Å²) in [5.41, 5.74) is 3.63. The maximum atomic E-state index is 4.69. The summed E-state index contributed by atoms with van der Waals surface area (Å²) in [6.07, 6.45) is 10.6. The lowest BCUT2D eigenvalue weighted by molar-refractivity contribution is 0.471. The average molecular weight is 358 g/mol. The van der Waals surface area contributed by atoms with Gasteiger partial charge in [0.25, 0.3) is 0 Å². The molecule has 1 saturated carbocycles. The van der Waals surface area contributed by atoms with Crippen molar-refractivity contribution in [1.29, 1.82) is 0 Å². The zero-order chi connectivity index (χ0) is 18.2. The summed E-state index contributed by atoms with van der Waals surface area (Å²) < 4.78 is 0. The molecule has 27 heavy (non-hydrogen) atoms. The summed E-state index contributed by atoms with van der Waals surface area (Å²) in [6.45, 7) is 2.98. The van der Waals surface area contributed by atoms with E-state index in [1.54, 1.807) is 12.5 Å². The molecule has 6 nitrogen and oxygen atoms in total. The van der Waals surface area contributed by atoms with Crippen molar-refractivity contribution in [2.24, 2.45) is 17.8 Å². The molecule has 2 aliphatic rings. The fraction of sp³-hybridized carbons (Fsp3) is 0.333. The lowest BCUT2D eigenvalue weighted by Crippen LogP contribution is -2.19. The monoisotopic (exact) mass is 358 g/mol. The zero-order valence-corrected chi connectivity index (χ0v) is 15.3. The third-order valence-corrected chi connectivity index (χ3v) is 5.60. The number of rotatable bonds is 5. The van der Waals surface area contributed by atoms with Crippen LogP contribution >= 0.6 is 0 Å². The van der Waals surface area contributed by atoms with Crippen molar-refractivity contribution < 1.29 is 0 Å². The highest BCUT2D eigenvalue weighted by molar-refractivity contribution is 5.87. The van der Waals surface area contributed by atoms with Gasteiger partial charge >= 0.3 is 0 Å². The second-order valence-electron chi connectivity index (χ2n) is 7.57. The molecule has 0 saturated heterocycles. The first-order valence-electron chi connectivity index (χ1n) is 9.48. The Morgan fingerprint density at radius 1 is 1.11 bits per heavy atom. The minimum absolute atomic E-state index is 0.636. The van der Waals surface area contributed by atoms with Crippen LogP contribution in [0.15, 0.2) is 48.9 Å². The highest BCUT2D eigenvalue weighted by Crippen LogP contribution is 2.43. The van der Waals surface area contributed by atoms with E-state index in [-0.39, 0.29) is 0 Å². The SMILES string of the molecule is Cc1cccc(Nc2ncnc3cnc(NCC4CC5C=CC4C5)nc23)c1. The molecule has 2 aromatic heterocycles. The predicted molar refractivity (Wildman–Crippen MR) is 107 cm³/mol. The molecule has 0 radical (unpaired) electrons. The molecule has 2 heterocycles. The van der Waals surface area contributed by atoms with Gasteiger partial charge < -0.3 is 10.6 Å². The predicted octanol–water partition coefficient (Wildman–Crippen LogP) is 4.10. The highest BCUT2D eigenvalue weighted by Gasteiger charge is 2.35. The molecule has 2 N–H and O–H groups in total. The zero-order valence-electron chi connectivity index (χ0n) is 15.3. The maximum Gasteiger partial charge on any atom is 0.223 e. The largest absolute Gasteiger partial charge is 0.354 e. The van der Waals surface area contributed by atoms with Crippen molar-refractivity contribution >= 4 is 28.5 Å². The Morgan fingerprint density at radius 2 is 2.07 bits per heavy atom. The molecule has 5 rings (SSSR count). The number of anilines is 3.